The van der Waals surface area contributed by atoms with Crippen LogP contribution in [0, 0.1) is 5.21 Å². The minimum Gasteiger partial charge on any atom is -0.623 e. The van der Waals surface area contributed by atoms with E-state index in [0.29, 0.717) is 12.2 Å². The zero-order valence-corrected chi connectivity index (χ0v) is 18.8. The van der Waals surface area contributed by atoms with Crippen molar-refractivity contribution >= 4 is 12.2 Å². The van der Waals surface area contributed by atoms with Crippen LogP contribution in [-0.2, 0) is 15.6 Å². The first-order valence-electron chi connectivity index (χ1n) is 9.78. The second kappa shape index (κ2) is 8.04. The maximum Gasteiger partial charge on any atom is 0.311 e. The van der Waals surface area contributed by atoms with Gasteiger partial charge in [0.2, 0.25) is 0 Å². The number of carbonyl (C=O) groups excluding carboxylic acids is 1. The number of ether oxygens (including phenoxy) is 1. The fraction of sp³-hybridized carbons (Fsp3) is 0.652. The van der Waals surface area contributed by atoms with E-state index in [4.69, 9.17) is 4.74 Å². The lowest BCUT2D eigenvalue weighted by Crippen LogP contribution is -2.29. The second-order valence-electron chi connectivity index (χ2n) is 10.3. The quantitative estimate of drug-likeness (QED) is 0.169. The molecule has 0 atom stereocenters. The SMILES string of the molecule is CCCC(=O)Oc1c(C(C)(C)C)cc(C=[N+]([O-])C(C)(C)C)cc1C(C)(C)C. The van der Waals surface area contributed by atoms with Crippen molar-refractivity contribution in [2.45, 2.75) is 98.4 Å². The highest BCUT2D eigenvalue weighted by molar-refractivity contribution is 5.80. The van der Waals surface area contributed by atoms with Crippen molar-refractivity contribution in [1.82, 2.24) is 0 Å². The van der Waals surface area contributed by atoms with Crippen LogP contribution in [0.25, 0.3) is 0 Å². The van der Waals surface area contributed by atoms with Crippen LogP contribution < -0.4 is 4.74 Å². The van der Waals surface area contributed by atoms with Crippen molar-refractivity contribution in [3.05, 3.63) is 34.0 Å². The van der Waals surface area contributed by atoms with Gasteiger partial charge in [0.25, 0.3) is 0 Å². The Morgan fingerprint density at radius 3 is 1.78 bits per heavy atom. The van der Waals surface area contributed by atoms with Crippen LogP contribution in [0.1, 0.15) is 98.8 Å². The van der Waals surface area contributed by atoms with Crippen LogP contribution in [0.5, 0.6) is 5.75 Å². The molecule has 0 radical (unpaired) electrons. The van der Waals surface area contributed by atoms with E-state index in [1.54, 1.807) is 6.21 Å². The Kier molecular flexibility index (Phi) is 6.90. The molecule has 1 aromatic rings. The number of hydrogen-bond donors (Lipinski definition) is 0. The molecule has 4 nitrogen and oxygen atoms in total. The molecule has 1 aromatic carbocycles. The van der Waals surface area contributed by atoms with E-state index in [0.717, 1.165) is 27.9 Å². The maximum absolute atomic E-state index is 12.5. The number of hydrogen-bond acceptors (Lipinski definition) is 3. The molecule has 0 amide bonds. The third-order valence-corrected chi connectivity index (χ3v) is 4.32. The summed E-state index contributed by atoms with van der Waals surface area (Å²) in [5, 5.41) is 12.5. The van der Waals surface area contributed by atoms with Crippen molar-refractivity contribution in [3.63, 3.8) is 0 Å². The van der Waals surface area contributed by atoms with Crippen molar-refractivity contribution in [3.8, 4) is 5.75 Å². The summed E-state index contributed by atoms with van der Waals surface area (Å²) < 4.78 is 6.83. The highest BCUT2D eigenvalue weighted by Crippen LogP contribution is 2.40. The molecule has 0 bridgehead atoms. The lowest BCUT2D eigenvalue weighted by atomic mass is 9.78. The Balaban J connectivity index is 3.74. The largest absolute Gasteiger partial charge is 0.623 e. The zero-order chi connectivity index (χ0) is 21.2. The minimum absolute atomic E-state index is 0.217. The van der Waals surface area contributed by atoms with Crippen LogP contribution in [0.4, 0.5) is 0 Å². The first-order valence-corrected chi connectivity index (χ1v) is 9.78. The number of carbonyl (C=O) groups is 1. The fourth-order valence-corrected chi connectivity index (χ4v) is 2.65. The van der Waals surface area contributed by atoms with Gasteiger partial charge in [-0.1, -0.05) is 48.5 Å². The molecule has 0 aromatic heterocycles. The Bertz CT molecular complexity index is 676. The average Bonchev–Trinajstić information content (AvgIpc) is 2.45. The third-order valence-electron chi connectivity index (χ3n) is 4.32. The number of nitrogens with zero attached hydrogens (tertiary/aromatic N) is 1. The summed E-state index contributed by atoms with van der Waals surface area (Å²) in [4.78, 5) is 12.3. The van der Waals surface area contributed by atoms with Gasteiger partial charge in [-0.3, -0.25) is 4.79 Å². The maximum atomic E-state index is 12.5. The third kappa shape index (κ3) is 6.37. The van der Waals surface area contributed by atoms with Crippen molar-refractivity contribution in [2.24, 2.45) is 0 Å². The Morgan fingerprint density at radius 1 is 1.00 bits per heavy atom. The normalized spacial score (nSPS) is 13.6. The number of rotatable bonds is 4. The lowest BCUT2D eigenvalue weighted by Gasteiger charge is -2.29. The second-order valence-corrected chi connectivity index (χ2v) is 10.3. The van der Waals surface area contributed by atoms with Gasteiger partial charge < -0.3 is 9.94 Å². The Morgan fingerprint density at radius 2 is 1.44 bits per heavy atom. The van der Waals surface area contributed by atoms with Gasteiger partial charge in [0.15, 0.2) is 11.8 Å². The van der Waals surface area contributed by atoms with Crippen LogP contribution in [-0.4, -0.2) is 22.5 Å². The summed E-state index contributed by atoms with van der Waals surface area (Å²) in [5.41, 5.74) is 1.71. The van der Waals surface area contributed by atoms with Gasteiger partial charge in [-0.25, -0.2) is 4.74 Å². The van der Waals surface area contributed by atoms with Crippen molar-refractivity contribution in [2.75, 3.05) is 0 Å². The van der Waals surface area contributed by atoms with E-state index in [1.165, 1.54) is 0 Å². The molecule has 0 N–H and O–H groups in total. The molecule has 0 heterocycles. The summed E-state index contributed by atoms with van der Waals surface area (Å²) in [7, 11) is 0. The summed E-state index contributed by atoms with van der Waals surface area (Å²) in [5.74, 6) is 0.421. The molecule has 0 saturated heterocycles. The lowest BCUT2D eigenvalue weighted by molar-refractivity contribution is -0.530. The predicted molar refractivity (Wildman–Crippen MR) is 113 cm³/mol. The fourth-order valence-electron chi connectivity index (χ4n) is 2.65. The highest BCUT2D eigenvalue weighted by Gasteiger charge is 2.30. The molecule has 0 aliphatic carbocycles. The first kappa shape index (κ1) is 23.2. The Hall–Kier alpha value is -1.84. The molecule has 1 rings (SSSR count). The first-order chi connectivity index (χ1) is 12.1. The van der Waals surface area contributed by atoms with Crippen LogP contribution in [0.3, 0.4) is 0 Å². The van der Waals surface area contributed by atoms with Gasteiger partial charge in [0, 0.05) is 43.9 Å². The molecular weight excluding hydrogens is 338 g/mol. The predicted octanol–water partition coefficient (Wildman–Crippen LogP) is 5.71. The van der Waals surface area contributed by atoms with Crippen LogP contribution in [0.2, 0.25) is 0 Å². The van der Waals surface area contributed by atoms with E-state index >= 15 is 0 Å². The van der Waals surface area contributed by atoms with Gasteiger partial charge in [-0.05, 0) is 29.4 Å². The Labute approximate surface area is 165 Å². The summed E-state index contributed by atoms with van der Waals surface area (Å²) in [6.07, 6.45) is 2.76. The van der Waals surface area contributed by atoms with Gasteiger partial charge in [-0.2, -0.15) is 0 Å². The number of hydroxylamine groups is 1. The summed E-state index contributed by atoms with van der Waals surface area (Å²) in [6.45, 7) is 20.2. The van der Waals surface area contributed by atoms with E-state index in [1.807, 2.05) is 39.8 Å². The molecular formula is C23H37NO3. The molecule has 0 spiro atoms. The average molecular weight is 376 g/mol. The standard InChI is InChI=1S/C23H37NO3/c1-11-12-19(25)27-20-17(21(2,3)4)13-16(14-18(20)22(5,6)7)15-24(26)23(8,9)10/h13-15H,11-12H2,1-10H3. The molecule has 0 saturated carbocycles. The van der Waals surface area contributed by atoms with Gasteiger partial charge in [-0.15, -0.1) is 0 Å². The van der Waals surface area contributed by atoms with Gasteiger partial charge >= 0.3 is 5.97 Å². The molecule has 0 fully saturated rings. The molecule has 152 valence electrons. The number of esters is 1. The van der Waals surface area contributed by atoms with Gasteiger partial charge in [0.1, 0.15) is 5.75 Å². The molecule has 27 heavy (non-hydrogen) atoms. The minimum atomic E-state index is -0.518. The highest BCUT2D eigenvalue weighted by atomic mass is 16.5. The molecule has 4 heteroatoms. The molecule has 0 aliphatic heterocycles. The van der Waals surface area contributed by atoms with Gasteiger partial charge in [0.05, 0.1) is 0 Å². The topological polar surface area (TPSA) is 52.4 Å². The monoisotopic (exact) mass is 375 g/mol. The summed E-state index contributed by atoms with van der Waals surface area (Å²) in [6, 6.07) is 3.95. The zero-order valence-electron chi connectivity index (χ0n) is 18.8. The van der Waals surface area contributed by atoms with E-state index in [2.05, 4.69) is 41.5 Å². The smallest absolute Gasteiger partial charge is 0.311 e. The van der Waals surface area contributed by atoms with Crippen molar-refractivity contribution < 1.29 is 14.3 Å². The summed E-state index contributed by atoms with van der Waals surface area (Å²) >= 11 is 0. The van der Waals surface area contributed by atoms with E-state index in [-0.39, 0.29) is 16.8 Å². The van der Waals surface area contributed by atoms with E-state index < -0.39 is 5.54 Å². The molecule has 0 unspecified atom stereocenters. The van der Waals surface area contributed by atoms with Crippen LogP contribution >= 0.6 is 0 Å². The number of benzene rings is 1. The van der Waals surface area contributed by atoms with Crippen LogP contribution in [0.15, 0.2) is 12.1 Å². The van der Waals surface area contributed by atoms with E-state index in [9.17, 15) is 10.0 Å². The van der Waals surface area contributed by atoms with Crippen molar-refractivity contribution in [1.29, 1.82) is 0 Å². The molecule has 0 aliphatic rings.